The molecule has 4 rings (SSSR count). The zero-order chi connectivity index (χ0) is 23.0. The van der Waals surface area contributed by atoms with Gasteiger partial charge in [-0.15, -0.1) is 0 Å². The average Bonchev–Trinajstić information content (AvgIpc) is 3.05. The van der Waals surface area contributed by atoms with E-state index in [2.05, 4.69) is 4.90 Å². The lowest BCUT2D eigenvalue weighted by Gasteiger charge is -2.27. The van der Waals surface area contributed by atoms with E-state index in [0.717, 1.165) is 18.5 Å². The zero-order valence-electron chi connectivity index (χ0n) is 19.1. The molecule has 0 unspecified atom stereocenters. The van der Waals surface area contributed by atoms with Crippen LogP contribution in [0, 0.1) is 6.92 Å². The van der Waals surface area contributed by atoms with Gasteiger partial charge in [-0.05, 0) is 64.3 Å². The molecule has 1 aliphatic rings. The minimum absolute atomic E-state index is 0.103. The summed E-state index contributed by atoms with van der Waals surface area (Å²) in [7, 11) is 7.14. The molecule has 0 saturated carbocycles. The van der Waals surface area contributed by atoms with Gasteiger partial charge in [-0.2, -0.15) is 0 Å². The third-order valence-corrected chi connectivity index (χ3v) is 5.86. The normalized spacial score (nSPS) is 15.5. The molecule has 0 N–H and O–H groups in total. The van der Waals surface area contributed by atoms with Gasteiger partial charge in [0.25, 0.3) is 5.91 Å². The maximum atomic E-state index is 13.7. The van der Waals surface area contributed by atoms with Crippen LogP contribution in [0.15, 0.2) is 45.6 Å². The van der Waals surface area contributed by atoms with Gasteiger partial charge in [-0.1, -0.05) is 11.6 Å². The Morgan fingerprint density at radius 3 is 2.53 bits per heavy atom. The summed E-state index contributed by atoms with van der Waals surface area (Å²) in [5.41, 5.74) is 2.22. The SMILES string of the molecule is COc1ccc(OC)c([C@H]2c3c(oc4ccc(C)cc4c3=O)C(=O)N2CCCN(C)C)c1. The molecule has 7 heteroatoms. The topological polar surface area (TPSA) is 72.2 Å². The number of methoxy groups -OCH3 is 2. The molecule has 0 aliphatic carbocycles. The van der Waals surface area contributed by atoms with Crippen molar-refractivity contribution in [3.8, 4) is 11.5 Å². The number of carbonyl (C=O) groups is 1. The molecule has 3 aromatic rings. The number of fused-ring (bicyclic) bond motifs is 2. The number of rotatable bonds is 7. The van der Waals surface area contributed by atoms with Gasteiger partial charge >= 0.3 is 0 Å². The van der Waals surface area contributed by atoms with E-state index in [1.54, 1.807) is 43.4 Å². The van der Waals surface area contributed by atoms with Crippen molar-refractivity contribution in [1.29, 1.82) is 0 Å². The molecular formula is C25H28N2O5. The molecule has 1 aromatic heterocycles. The van der Waals surface area contributed by atoms with Gasteiger partial charge in [0, 0.05) is 12.1 Å². The molecule has 0 fully saturated rings. The van der Waals surface area contributed by atoms with Crippen LogP contribution in [0.25, 0.3) is 11.0 Å². The first-order valence-corrected chi connectivity index (χ1v) is 10.6. The molecule has 0 radical (unpaired) electrons. The van der Waals surface area contributed by atoms with E-state index in [-0.39, 0.29) is 17.1 Å². The monoisotopic (exact) mass is 436 g/mol. The number of benzene rings is 2. The Hall–Kier alpha value is -3.32. The summed E-state index contributed by atoms with van der Waals surface area (Å²) in [5, 5.41) is 0.471. The predicted molar refractivity (Wildman–Crippen MR) is 123 cm³/mol. The number of amides is 1. The van der Waals surface area contributed by atoms with Gasteiger partial charge in [-0.3, -0.25) is 9.59 Å². The van der Waals surface area contributed by atoms with Crippen LogP contribution in [0.5, 0.6) is 11.5 Å². The Bertz CT molecular complexity index is 1230. The summed E-state index contributed by atoms with van der Waals surface area (Å²) < 4.78 is 17.1. The molecule has 0 saturated heterocycles. The number of hydrogen-bond acceptors (Lipinski definition) is 6. The second-order valence-electron chi connectivity index (χ2n) is 8.34. The summed E-state index contributed by atoms with van der Waals surface area (Å²) in [6, 6.07) is 10.2. The van der Waals surface area contributed by atoms with Crippen LogP contribution in [0.1, 0.15) is 39.7 Å². The molecule has 0 bridgehead atoms. The summed E-state index contributed by atoms with van der Waals surface area (Å²) in [4.78, 5) is 30.9. The van der Waals surface area contributed by atoms with Crippen LogP contribution < -0.4 is 14.9 Å². The van der Waals surface area contributed by atoms with Crippen LogP contribution in [0.3, 0.4) is 0 Å². The summed E-state index contributed by atoms with van der Waals surface area (Å²) in [6.07, 6.45) is 0.752. The average molecular weight is 437 g/mol. The number of ether oxygens (including phenoxy) is 2. The first-order valence-electron chi connectivity index (χ1n) is 10.6. The smallest absolute Gasteiger partial charge is 0.290 e. The lowest BCUT2D eigenvalue weighted by molar-refractivity contribution is 0.0720. The van der Waals surface area contributed by atoms with Crippen molar-refractivity contribution in [2.24, 2.45) is 0 Å². The highest BCUT2D eigenvalue weighted by Gasteiger charge is 2.43. The second kappa shape index (κ2) is 8.67. The summed E-state index contributed by atoms with van der Waals surface area (Å²) >= 11 is 0. The fourth-order valence-corrected chi connectivity index (χ4v) is 4.30. The van der Waals surface area contributed by atoms with Gasteiger partial charge in [-0.25, -0.2) is 0 Å². The van der Waals surface area contributed by atoms with E-state index >= 15 is 0 Å². The molecule has 2 aromatic carbocycles. The third-order valence-electron chi connectivity index (χ3n) is 5.86. The number of aryl methyl sites for hydroxylation is 1. The Morgan fingerprint density at radius 1 is 1.06 bits per heavy atom. The number of nitrogens with zero attached hydrogens (tertiary/aromatic N) is 2. The molecule has 1 aliphatic heterocycles. The highest BCUT2D eigenvalue weighted by molar-refractivity contribution is 5.99. The van der Waals surface area contributed by atoms with Crippen molar-refractivity contribution in [2.75, 3.05) is 41.4 Å². The lowest BCUT2D eigenvalue weighted by Crippen LogP contribution is -2.32. The van der Waals surface area contributed by atoms with E-state index in [4.69, 9.17) is 13.9 Å². The largest absolute Gasteiger partial charge is 0.497 e. The molecule has 0 spiro atoms. The van der Waals surface area contributed by atoms with Gasteiger partial charge < -0.3 is 23.7 Å². The van der Waals surface area contributed by atoms with Crippen molar-refractivity contribution < 1.29 is 18.7 Å². The van der Waals surface area contributed by atoms with Crippen molar-refractivity contribution in [1.82, 2.24) is 9.80 Å². The Balaban J connectivity index is 1.95. The van der Waals surface area contributed by atoms with Crippen LogP contribution in [0.4, 0.5) is 0 Å². The molecule has 168 valence electrons. The van der Waals surface area contributed by atoms with Gasteiger partial charge in [0.05, 0.1) is 31.2 Å². The molecule has 32 heavy (non-hydrogen) atoms. The lowest BCUT2D eigenvalue weighted by atomic mass is 9.97. The first kappa shape index (κ1) is 21.9. The van der Waals surface area contributed by atoms with E-state index in [1.165, 1.54) is 0 Å². The fourth-order valence-electron chi connectivity index (χ4n) is 4.30. The molecule has 7 nitrogen and oxygen atoms in total. The molecule has 1 atom stereocenters. The van der Waals surface area contributed by atoms with E-state index in [0.29, 0.717) is 40.1 Å². The van der Waals surface area contributed by atoms with Crippen molar-refractivity contribution in [3.05, 3.63) is 69.1 Å². The molecule has 1 amide bonds. The van der Waals surface area contributed by atoms with Crippen LogP contribution in [-0.4, -0.2) is 57.1 Å². The maximum Gasteiger partial charge on any atom is 0.290 e. The number of carbonyl (C=O) groups excluding carboxylic acids is 1. The fraction of sp³-hybridized carbons (Fsp3) is 0.360. The Kier molecular flexibility index (Phi) is 5.93. The molecule has 2 heterocycles. The van der Waals surface area contributed by atoms with E-state index in [1.807, 2.05) is 33.2 Å². The third kappa shape index (κ3) is 3.73. The molecular weight excluding hydrogens is 408 g/mol. The minimum atomic E-state index is -0.620. The van der Waals surface area contributed by atoms with Crippen LogP contribution >= 0.6 is 0 Å². The van der Waals surface area contributed by atoms with Crippen molar-refractivity contribution in [2.45, 2.75) is 19.4 Å². The predicted octanol–water partition coefficient (Wildman–Crippen LogP) is 3.62. The van der Waals surface area contributed by atoms with Gasteiger partial charge in [0.15, 0.2) is 5.43 Å². The van der Waals surface area contributed by atoms with Gasteiger partial charge in [0.1, 0.15) is 17.1 Å². The zero-order valence-corrected chi connectivity index (χ0v) is 19.1. The quantitative estimate of drug-likeness (QED) is 0.563. The van der Waals surface area contributed by atoms with E-state index < -0.39 is 6.04 Å². The highest BCUT2D eigenvalue weighted by Crippen LogP contribution is 2.42. The maximum absolute atomic E-state index is 13.7. The highest BCUT2D eigenvalue weighted by atomic mass is 16.5. The summed E-state index contributed by atoms with van der Waals surface area (Å²) in [5.74, 6) is 1.02. The standard InChI is InChI=1S/C25H28N2O5/c1-15-7-9-20-18(13-15)23(28)21-22(17-14-16(30-4)8-10-19(17)31-5)27(12-6-11-26(2)3)25(29)24(21)32-20/h7-10,13-14,22H,6,11-12H2,1-5H3/t22-/m0/s1. The Morgan fingerprint density at radius 2 is 1.84 bits per heavy atom. The van der Waals surface area contributed by atoms with Crippen molar-refractivity contribution in [3.63, 3.8) is 0 Å². The van der Waals surface area contributed by atoms with Crippen molar-refractivity contribution >= 4 is 16.9 Å². The Labute approximate surface area is 187 Å². The first-order chi connectivity index (χ1) is 15.3. The summed E-state index contributed by atoms with van der Waals surface area (Å²) in [6.45, 7) is 3.21. The van der Waals surface area contributed by atoms with Gasteiger partial charge in [0.2, 0.25) is 5.76 Å². The van der Waals surface area contributed by atoms with Crippen LogP contribution in [0.2, 0.25) is 0 Å². The number of hydrogen-bond donors (Lipinski definition) is 0. The second-order valence-corrected chi connectivity index (χ2v) is 8.34. The minimum Gasteiger partial charge on any atom is -0.497 e. The van der Waals surface area contributed by atoms with Crippen LogP contribution in [-0.2, 0) is 0 Å². The van der Waals surface area contributed by atoms with E-state index in [9.17, 15) is 9.59 Å².